The van der Waals surface area contributed by atoms with Crippen molar-refractivity contribution in [1.29, 1.82) is 0 Å². The molecule has 3 saturated carbocycles. The quantitative estimate of drug-likeness (QED) is 0.361. The molecule has 40 heavy (non-hydrogen) atoms. The average Bonchev–Trinajstić information content (AvgIpc) is 3.24. The third-order valence-electron chi connectivity index (χ3n) is 11.6. The van der Waals surface area contributed by atoms with Crippen LogP contribution in [0.15, 0.2) is 42.0 Å². The molecule has 0 saturated heterocycles. The summed E-state index contributed by atoms with van der Waals surface area (Å²) in [6.07, 6.45) is 7.09. The fraction of sp³-hybridized carbons (Fsp3) is 0.727. The molecule has 0 amide bonds. The molecule has 9 unspecified atom stereocenters. The number of ketones is 1. The number of fused-ring (bicyclic) bond motifs is 5. The highest BCUT2D eigenvalue weighted by Crippen LogP contribution is 2.67. The fourth-order valence-electron chi connectivity index (χ4n) is 9.53. The van der Waals surface area contributed by atoms with Gasteiger partial charge in [-0.25, -0.2) is 0 Å². The minimum absolute atomic E-state index is 0.0987. The Bertz CT molecular complexity index is 1120. The summed E-state index contributed by atoms with van der Waals surface area (Å²) in [5, 5.41) is 42.6. The van der Waals surface area contributed by atoms with Crippen LogP contribution < -0.4 is 5.46 Å². The molecule has 3 fully saturated rings. The van der Waals surface area contributed by atoms with Crippen LogP contribution in [-0.2, 0) is 9.45 Å². The van der Waals surface area contributed by atoms with E-state index < -0.39 is 30.5 Å². The van der Waals surface area contributed by atoms with E-state index in [-0.39, 0.29) is 40.3 Å². The van der Waals surface area contributed by atoms with Crippen LogP contribution in [0.3, 0.4) is 0 Å². The molecular weight excluding hydrogens is 503 g/mol. The highest BCUT2D eigenvalue weighted by atomic mass is 16.5. The van der Waals surface area contributed by atoms with Crippen molar-refractivity contribution in [3.05, 3.63) is 42.0 Å². The number of carbonyl (C=O) groups is 1. The van der Waals surface area contributed by atoms with Gasteiger partial charge in [-0.2, -0.15) is 0 Å². The maximum absolute atomic E-state index is 13.5. The standard InChI is InChI=1S/C33H49BO6/c1-30(2,38)15-9-16-33(5,40-34(39)21-10-7-6-8-11-21)29-13-12-23-22-18-26(35)25-19-27(36)28(37)20-32(25,4)24(22)14-17-31(23,29)3/h6-8,10-11,18,23-25,27-29,36-39H,9,12-17,19-20H2,1-5H3. The summed E-state index contributed by atoms with van der Waals surface area (Å²) >= 11 is 0. The molecule has 6 nitrogen and oxygen atoms in total. The van der Waals surface area contributed by atoms with E-state index in [0.29, 0.717) is 19.3 Å². The Balaban J connectivity index is 1.45. The molecule has 4 N–H and O–H groups in total. The first-order valence-corrected chi connectivity index (χ1v) is 15.4. The summed E-state index contributed by atoms with van der Waals surface area (Å²) in [4.78, 5) is 13.5. The molecule has 4 aliphatic rings. The number of aliphatic hydroxyl groups is 3. The van der Waals surface area contributed by atoms with Crippen molar-refractivity contribution < 1.29 is 29.8 Å². The molecule has 9 atom stereocenters. The fourth-order valence-corrected chi connectivity index (χ4v) is 9.53. The van der Waals surface area contributed by atoms with E-state index in [1.165, 1.54) is 5.57 Å². The molecule has 7 heteroatoms. The summed E-state index contributed by atoms with van der Waals surface area (Å²) in [5.41, 5.74) is 0.154. The highest BCUT2D eigenvalue weighted by Gasteiger charge is 2.62. The van der Waals surface area contributed by atoms with Gasteiger partial charge in [0.1, 0.15) is 0 Å². The maximum atomic E-state index is 13.5. The second-order valence-electron chi connectivity index (χ2n) is 14.8. The third-order valence-corrected chi connectivity index (χ3v) is 11.6. The lowest BCUT2D eigenvalue weighted by Crippen LogP contribution is -2.57. The van der Waals surface area contributed by atoms with Crippen molar-refractivity contribution in [3.8, 4) is 0 Å². The third kappa shape index (κ3) is 5.26. The Labute approximate surface area is 240 Å². The predicted octanol–water partition coefficient (Wildman–Crippen LogP) is 4.18. The molecule has 0 aliphatic heterocycles. The van der Waals surface area contributed by atoms with Crippen molar-refractivity contribution in [2.45, 2.75) is 116 Å². The van der Waals surface area contributed by atoms with Crippen LogP contribution in [0, 0.1) is 34.5 Å². The summed E-state index contributed by atoms with van der Waals surface area (Å²) in [6.45, 7) is 10.3. The normalized spacial score (nSPS) is 39.0. The van der Waals surface area contributed by atoms with Gasteiger partial charge >= 0.3 is 7.12 Å². The Morgan fingerprint density at radius 3 is 2.30 bits per heavy atom. The number of hydrogen-bond donors (Lipinski definition) is 4. The molecule has 4 aliphatic carbocycles. The van der Waals surface area contributed by atoms with Crippen LogP contribution in [0.25, 0.3) is 0 Å². The molecule has 1 aromatic rings. The van der Waals surface area contributed by atoms with Gasteiger partial charge in [0.05, 0.1) is 23.4 Å². The van der Waals surface area contributed by atoms with Gasteiger partial charge < -0.3 is 25.0 Å². The minimum Gasteiger partial charge on any atom is -0.423 e. The number of carbonyl (C=O) groups excluding carboxylic acids is 1. The van der Waals surface area contributed by atoms with Gasteiger partial charge in [0.15, 0.2) is 5.78 Å². The van der Waals surface area contributed by atoms with Crippen molar-refractivity contribution >= 4 is 18.4 Å². The first kappa shape index (κ1) is 30.0. The molecule has 220 valence electrons. The molecule has 0 heterocycles. The molecule has 5 rings (SSSR count). The zero-order valence-corrected chi connectivity index (χ0v) is 25.0. The van der Waals surface area contributed by atoms with Gasteiger partial charge in [0, 0.05) is 5.92 Å². The van der Waals surface area contributed by atoms with E-state index in [9.17, 15) is 25.1 Å². The largest absolute Gasteiger partial charge is 0.491 e. The molecule has 0 spiro atoms. The number of rotatable bonds is 8. The van der Waals surface area contributed by atoms with Gasteiger partial charge in [-0.15, -0.1) is 0 Å². The number of aliphatic hydroxyl groups excluding tert-OH is 2. The van der Waals surface area contributed by atoms with Crippen LogP contribution >= 0.6 is 0 Å². The topological polar surface area (TPSA) is 107 Å². The Morgan fingerprint density at radius 2 is 1.62 bits per heavy atom. The van der Waals surface area contributed by atoms with Crippen LogP contribution in [0.4, 0.5) is 0 Å². The second kappa shape index (κ2) is 10.6. The smallest absolute Gasteiger partial charge is 0.423 e. The van der Waals surface area contributed by atoms with E-state index in [4.69, 9.17) is 4.65 Å². The Hall–Kier alpha value is -1.51. The van der Waals surface area contributed by atoms with Gasteiger partial charge in [0.25, 0.3) is 0 Å². The minimum atomic E-state index is -1.04. The average molecular weight is 553 g/mol. The zero-order valence-electron chi connectivity index (χ0n) is 25.0. The van der Waals surface area contributed by atoms with E-state index in [0.717, 1.165) is 44.0 Å². The first-order chi connectivity index (χ1) is 18.7. The van der Waals surface area contributed by atoms with E-state index in [1.54, 1.807) is 0 Å². The van der Waals surface area contributed by atoms with E-state index in [2.05, 4.69) is 20.8 Å². The SMILES string of the molecule is CC(C)(O)CCCC(C)(OB(O)c1ccccc1)C1CCC2C3=CC(=O)C4CC(O)C(O)CC4(C)C3CCC21C. The summed E-state index contributed by atoms with van der Waals surface area (Å²) in [5.74, 6) is 0.514. The summed E-state index contributed by atoms with van der Waals surface area (Å²) in [6, 6.07) is 9.51. The van der Waals surface area contributed by atoms with Crippen molar-refractivity contribution in [2.24, 2.45) is 34.5 Å². The van der Waals surface area contributed by atoms with E-state index >= 15 is 0 Å². The van der Waals surface area contributed by atoms with Gasteiger partial charge in [-0.05, 0) is 119 Å². The van der Waals surface area contributed by atoms with Crippen molar-refractivity contribution in [2.75, 3.05) is 0 Å². The summed E-state index contributed by atoms with van der Waals surface area (Å²) in [7, 11) is -1.04. The van der Waals surface area contributed by atoms with Gasteiger partial charge in [-0.1, -0.05) is 49.8 Å². The molecular formula is C33H49BO6. The number of hydrogen-bond acceptors (Lipinski definition) is 6. The van der Waals surface area contributed by atoms with Crippen LogP contribution in [0.5, 0.6) is 0 Å². The van der Waals surface area contributed by atoms with Crippen LogP contribution in [0.1, 0.15) is 92.4 Å². The first-order valence-electron chi connectivity index (χ1n) is 15.4. The highest BCUT2D eigenvalue weighted by molar-refractivity contribution is 6.60. The van der Waals surface area contributed by atoms with Crippen molar-refractivity contribution in [3.63, 3.8) is 0 Å². The van der Waals surface area contributed by atoms with Gasteiger partial charge in [-0.3, -0.25) is 4.79 Å². The predicted molar refractivity (Wildman–Crippen MR) is 157 cm³/mol. The number of allylic oxidation sites excluding steroid dienone is 2. The lowest BCUT2D eigenvalue weighted by atomic mass is 9.47. The molecule has 0 bridgehead atoms. The summed E-state index contributed by atoms with van der Waals surface area (Å²) < 4.78 is 6.65. The lowest BCUT2D eigenvalue weighted by molar-refractivity contribution is -0.144. The maximum Gasteiger partial charge on any atom is 0.491 e. The van der Waals surface area contributed by atoms with Crippen LogP contribution in [-0.4, -0.2) is 56.7 Å². The number of benzene rings is 1. The molecule has 0 radical (unpaired) electrons. The zero-order chi connectivity index (χ0) is 29.1. The molecule has 0 aromatic heterocycles. The van der Waals surface area contributed by atoms with E-state index in [1.807, 2.05) is 50.3 Å². The Morgan fingerprint density at radius 1 is 0.950 bits per heavy atom. The van der Waals surface area contributed by atoms with Crippen LogP contribution in [0.2, 0.25) is 0 Å². The van der Waals surface area contributed by atoms with Gasteiger partial charge in [0.2, 0.25) is 0 Å². The Kier molecular flexibility index (Phi) is 7.98. The second-order valence-corrected chi connectivity index (χ2v) is 14.8. The monoisotopic (exact) mass is 552 g/mol. The molecule has 1 aromatic carbocycles. The lowest BCUT2D eigenvalue weighted by Gasteiger charge is -2.58. The van der Waals surface area contributed by atoms with Crippen molar-refractivity contribution in [1.82, 2.24) is 0 Å².